The number of likely N-dealkylation sites (tertiary alicyclic amines) is 1. The van der Waals surface area contributed by atoms with Crippen LogP contribution in [0.3, 0.4) is 0 Å². The average Bonchev–Trinajstić information content (AvgIpc) is 2.92. The van der Waals surface area contributed by atoms with E-state index >= 15 is 0 Å². The Labute approximate surface area is 121 Å². The van der Waals surface area contributed by atoms with E-state index in [2.05, 4.69) is 40.3 Å². The third-order valence-electron chi connectivity index (χ3n) is 4.58. The highest BCUT2D eigenvalue weighted by atomic mass is 15.1. The van der Waals surface area contributed by atoms with Gasteiger partial charge in [-0.15, -0.1) is 0 Å². The Hall–Kier alpha value is -1.32. The van der Waals surface area contributed by atoms with Crippen LogP contribution in [0.4, 0.5) is 0 Å². The molecule has 1 aromatic carbocycles. The molecule has 1 saturated heterocycles. The van der Waals surface area contributed by atoms with E-state index in [0.717, 1.165) is 18.9 Å². The van der Waals surface area contributed by atoms with Crippen LogP contribution in [0.15, 0.2) is 30.5 Å². The quantitative estimate of drug-likeness (QED) is 0.821. The molecule has 0 spiro atoms. The van der Waals surface area contributed by atoms with E-state index in [4.69, 9.17) is 5.73 Å². The molecule has 3 rings (SSSR count). The largest absolute Gasteiger partial charge is 0.361 e. The monoisotopic (exact) mass is 271 g/mol. The zero-order chi connectivity index (χ0) is 13.8. The summed E-state index contributed by atoms with van der Waals surface area (Å²) in [6, 6.07) is 8.65. The van der Waals surface area contributed by atoms with Gasteiger partial charge in [0.05, 0.1) is 0 Å². The van der Waals surface area contributed by atoms with Crippen LogP contribution in [0, 0.1) is 0 Å². The normalized spacial score (nSPS) is 17.9. The topological polar surface area (TPSA) is 45.0 Å². The summed E-state index contributed by atoms with van der Waals surface area (Å²) in [6.07, 6.45) is 7.19. The van der Waals surface area contributed by atoms with Crippen molar-refractivity contribution in [2.75, 3.05) is 26.2 Å². The average molecular weight is 271 g/mol. The first kappa shape index (κ1) is 13.7. The highest BCUT2D eigenvalue weighted by molar-refractivity contribution is 5.83. The van der Waals surface area contributed by atoms with E-state index in [9.17, 15) is 0 Å². The van der Waals surface area contributed by atoms with Gasteiger partial charge < -0.3 is 15.6 Å². The molecular weight excluding hydrogens is 246 g/mol. The van der Waals surface area contributed by atoms with Crippen LogP contribution in [0.2, 0.25) is 0 Å². The summed E-state index contributed by atoms with van der Waals surface area (Å²) >= 11 is 0. The van der Waals surface area contributed by atoms with Gasteiger partial charge in [0.2, 0.25) is 0 Å². The van der Waals surface area contributed by atoms with Crippen molar-refractivity contribution in [3.63, 3.8) is 0 Å². The number of fused-ring (bicyclic) bond motifs is 1. The van der Waals surface area contributed by atoms with Crippen molar-refractivity contribution in [2.45, 2.75) is 31.6 Å². The molecule has 0 radical (unpaired) electrons. The number of nitrogens with one attached hydrogen (secondary N) is 1. The fraction of sp³-hybridized carbons (Fsp3) is 0.529. The minimum Gasteiger partial charge on any atom is -0.361 e. The predicted octanol–water partition coefficient (Wildman–Crippen LogP) is 3.09. The van der Waals surface area contributed by atoms with E-state index in [1.54, 1.807) is 0 Å². The number of benzene rings is 1. The van der Waals surface area contributed by atoms with E-state index in [1.165, 1.54) is 55.4 Å². The molecule has 2 heterocycles. The second-order valence-corrected chi connectivity index (χ2v) is 5.90. The molecule has 1 aliphatic heterocycles. The first-order valence-corrected chi connectivity index (χ1v) is 7.87. The third-order valence-corrected chi connectivity index (χ3v) is 4.58. The van der Waals surface area contributed by atoms with E-state index in [0.29, 0.717) is 0 Å². The molecule has 108 valence electrons. The summed E-state index contributed by atoms with van der Waals surface area (Å²) in [7, 11) is 0. The lowest BCUT2D eigenvalue weighted by Gasteiger charge is -2.31. The Morgan fingerprint density at radius 2 is 1.95 bits per heavy atom. The maximum absolute atomic E-state index is 5.56. The number of unbranched alkanes of at least 4 members (excludes halogenated alkanes) is 1. The van der Waals surface area contributed by atoms with Gasteiger partial charge in [-0.2, -0.15) is 0 Å². The lowest BCUT2D eigenvalue weighted by atomic mass is 9.89. The van der Waals surface area contributed by atoms with E-state index in [-0.39, 0.29) is 0 Å². The number of H-pyrrole nitrogens is 1. The molecule has 0 amide bonds. The summed E-state index contributed by atoms with van der Waals surface area (Å²) in [4.78, 5) is 6.01. The van der Waals surface area contributed by atoms with E-state index in [1.807, 2.05) is 0 Å². The van der Waals surface area contributed by atoms with Gasteiger partial charge in [0.25, 0.3) is 0 Å². The number of hydrogen-bond donors (Lipinski definition) is 2. The highest BCUT2D eigenvalue weighted by Crippen LogP contribution is 2.32. The van der Waals surface area contributed by atoms with Crippen LogP contribution in [0.1, 0.15) is 37.2 Å². The lowest BCUT2D eigenvalue weighted by molar-refractivity contribution is 0.209. The minimum absolute atomic E-state index is 0.719. The number of hydrogen-bond acceptors (Lipinski definition) is 2. The van der Waals surface area contributed by atoms with Gasteiger partial charge in [0.15, 0.2) is 0 Å². The van der Waals surface area contributed by atoms with Gasteiger partial charge in [0, 0.05) is 17.1 Å². The Bertz CT molecular complexity index is 538. The van der Waals surface area contributed by atoms with Crippen molar-refractivity contribution >= 4 is 10.9 Å². The minimum atomic E-state index is 0.719. The highest BCUT2D eigenvalue weighted by Gasteiger charge is 2.22. The van der Waals surface area contributed by atoms with Crippen LogP contribution < -0.4 is 5.73 Å². The van der Waals surface area contributed by atoms with Crippen molar-refractivity contribution < 1.29 is 0 Å². The number of para-hydroxylation sites is 1. The SMILES string of the molecule is NCCCCN1CCC(c2c[nH]c3ccccc23)CC1. The fourth-order valence-corrected chi connectivity index (χ4v) is 3.38. The fourth-order valence-electron chi connectivity index (χ4n) is 3.38. The van der Waals surface area contributed by atoms with Gasteiger partial charge in [0.1, 0.15) is 0 Å². The summed E-state index contributed by atoms with van der Waals surface area (Å²) < 4.78 is 0. The molecule has 1 aromatic heterocycles. The predicted molar refractivity (Wildman–Crippen MR) is 85.0 cm³/mol. The number of piperidine rings is 1. The molecule has 0 saturated carbocycles. The molecule has 20 heavy (non-hydrogen) atoms. The summed E-state index contributed by atoms with van der Waals surface area (Å²) in [5.41, 5.74) is 8.35. The van der Waals surface area contributed by atoms with Gasteiger partial charge in [-0.3, -0.25) is 0 Å². The number of nitrogens with two attached hydrogens (primary N) is 1. The van der Waals surface area contributed by atoms with Crippen LogP contribution >= 0.6 is 0 Å². The molecule has 2 aromatic rings. The number of aromatic nitrogens is 1. The zero-order valence-corrected chi connectivity index (χ0v) is 12.1. The molecule has 0 unspecified atom stereocenters. The molecule has 0 atom stereocenters. The Balaban J connectivity index is 1.60. The zero-order valence-electron chi connectivity index (χ0n) is 12.1. The van der Waals surface area contributed by atoms with Crippen molar-refractivity contribution in [3.8, 4) is 0 Å². The van der Waals surface area contributed by atoms with Gasteiger partial charge in [-0.05, 0) is 69.4 Å². The second-order valence-electron chi connectivity index (χ2n) is 5.90. The molecule has 1 fully saturated rings. The third kappa shape index (κ3) is 2.89. The smallest absolute Gasteiger partial charge is 0.0456 e. The van der Waals surface area contributed by atoms with Gasteiger partial charge >= 0.3 is 0 Å². The summed E-state index contributed by atoms with van der Waals surface area (Å²) in [5.74, 6) is 0.719. The van der Waals surface area contributed by atoms with Gasteiger partial charge in [-0.25, -0.2) is 0 Å². The van der Waals surface area contributed by atoms with Crippen molar-refractivity contribution in [1.82, 2.24) is 9.88 Å². The number of aromatic amines is 1. The lowest BCUT2D eigenvalue weighted by Crippen LogP contribution is -2.33. The Kier molecular flexibility index (Phi) is 4.38. The van der Waals surface area contributed by atoms with Crippen molar-refractivity contribution in [3.05, 3.63) is 36.0 Å². The van der Waals surface area contributed by atoms with Crippen LogP contribution in [-0.2, 0) is 0 Å². The first-order chi connectivity index (χ1) is 9.88. The molecular formula is C17H25N3. The van der Waals surface area contributed by atoms with Crippen LogP contribution in [-0.4, -0.2) is 36.1 Å². The number of rotatable bonds is 5. The first-order valence-electron chi connectivity index (χ1n) is 7.87. The van der Waals surface area contributed by atoms with Crippen LogP contribution in [0.5, 0.6) is 0 Å². The maximum Gasteiger partial charge on any atom is 0.0456 e. The standard InChI is InChI=1S/C17H25N3/c18-9-3-4-10-20-11-7-14(8-12-20)16-13-19-17-6-2-1-5-15(16)17/h1-2,5-6,13-14,19H,3-4,7-12,18H2. The Morgan fingerprint density at radius 3 is 2.75 bits per heavy atom. The van der Waals surface area contributed by atoms with Crippen molar-refractivity contribution in [1.29, 1.82) is 0 Å². The Morgan fingerprint density at radius 1 is 1.15 bits per heavy atom. The van der Waals surface area contributed by atoms with Crippen molar-refractivity contribution in [2.24, 2.45) is 5.73 Å². The molecule has 1 aliphatic rings. The molecule has 3 heteroatoms. The number of nitrogens with zero attached hydrogens (tertiary/aromatic N) is 1. The summed E-state index contributed by atoms with van der Waals surface area (Å²) in [5, 5.41) is 1.41. The molecule has 0 aliphatic carbocycles. The molecule has 3 N–H and O–H groups in total. The van der Waals surface area contributed by atoms with Gasteiger partial charge in [-0.1, -0.05) is 18.2 Å². The summed E-state index contributed by atoms with van der Waals surface area (Å²) in [6.45, 7) is 4.51. The molecule has 0 bridgehead atoms. The molecule has 3 nitrogen and oxygen atoms in total. The van der Waals surface area contributed by atoms with E-state index < -0.39 is 0 Å². The van der Waals surface area contributed by atoms with Crippen LogP contribution in [0.25, 0.3) is 10.9 Å². The second kappa shape index (κ2) is 6.42. The maximum atomic E-state index is 5.56.